The van der Waals surface area contributed by atoms with Crippen LogP contribution < -0.4 is 15.1 Å². The quantitative estimate of drug-likeness (QED) is 0.219. The van der Waals surface area contributed by atoms with Crippen molar-refractivity contribution in [3.8, 4) is 17.3 Å². The number of aryl methyl sites for hydroxylation is 2. The second kappa shape index (κ2) is 11.8. The van der Waals surface area contributed by atoms with Crippen molar-refractivity contribution in [1.29, 1.82) is 0 Å². The molecule has 5 aromatic rings. The van der Waals surface area contributed by atoms with E-state index in [9.17, 15) is 14.0 Å². The molecule has 2 aromatic carbocycles. The van der Waals surface area contributed by atoms with Gasteiger partial charge in [0, 0.05) is 54.2 Å². The van der Waals surface area contributed by atoms with Crippen molar-refractivity contribution in [1.82, 2.24) is 34.4 Å². The number of hydrogen-bond donors (Lipinski definition) is 0. The lowest BCUT2D eigenvalue weighted by molar-refractivity contribution is 0.0307. The van der Waals surface area contributed by atoms with Gasteiger partial charge in [-0.1, -0.05) is 11.3 Å². The Balaban J connectivity index is 1.18. The van der Waals surface area contributed by atoms with Gasteiger partial charge in [0.05, 0.1) is 24.9 Å². The fourth-order valence-electron chi connectivity index (χ4n) is 7.08. The number of ether oxygens (including phenoxy) is 1. The van der Waals surface area contributed by atoms with Gasteiger partial charge in [0.1, 0.15) is 22.9 Å². The fraction of sp³-hybridized carbons (Fsp3) is 0.389. The maximum atomic E-state index is 14.6. The number of anilines is 2. The number of likely N-dealkylation sites (tertiary alicyclic amines) is 1. The van der Waals surface area contributed by atoms with Crippen molar-refractivity contribution in [2.45, 2.75) is 71.0 Å². The van der Waals surface area contributed by atoms with Crippen LogP contribution in [0.15, 0.2) is 59.8 Å². The molecule has 1 saturated heterocycles. The van der Waals surface area contributed by atoms with Crippen molar-refractivity contribution >= 4 is 28.3 Å². The van der Waals surface area contributed by atoms with E-state index in [0.717, 1.165) is 40.7 Å². The molecule has 0 spiro atoms. The predicted molar refractivity (Wildman–Crippen MR) is 181 cm³/mol. The number of pyridine rings is 1. The number of rotatable bonds is 6. The van der Waals surface area contributed by atoms with E-state index in [4.69, 9.17) is 4.74 Å². The summed E-state index contributed by atoms with van der Waals surface area (Å²) in [5.74, 6) is -0.121. The summed E-state index contributed by atoms with van der Waals surface area (Å²) in [6.07, 6.45) is 8.26. The number of nitrogens with zero attached hydrogens (tertiary/aromatic N) is 8. The minimum atomic E-state index is -0.502. The molecular weight excluding hydrogens is 611 g/mol. The summed E-state index contributed by atoms with van der Waals surface area (Å²) in [6.45, 7) is 8.50. The van der Waals surface area contributed by atoms with E-state index in [0.29, 0.717) is 30.9 Å². The molecule has 248 valence electrons. The number of carbonyl (C=O) groups is 1. The number of amides is 1. The van der Waals surface area contributed by atoms with E-state index >= 15 is 0 Å². The maximum Gasteiger partial charge on any atom is 0.318 e. The molecule has 48 heavy (non-hydrogen) atoms. The molecule has 1 fully saturated rings. The van der Waals surface area contributed by atoms with Crippen molar-refractivity contribution in [2.75, 3.05) is 25.6 Å². The van der Waals surface area contributed by atoms with Crippen molar-refractivity contribution < 1.29 is 13.9 Å². The topological polar surface area (TPSA) is 111 Å². The largest absolute Gasteiger partial charge is 0.467 e. The Morgan fingerprint density at radius 2 is 1.94 bits per heavy atom. The third-order valence-corrected chi connectivity index (χ3v) is 10.1. The van der Waals surface area contributed by atoms with E-state index in [1.807, 2.05) is 72.4 Å². The molecule has 11 nitrogen and oxygen atoms in total. The summed E-state index contributed by atoms with van der Waals surface area (Å²) in [7, 11) is 3.46. The molecule has 7 rings (SSSR count). The Morgan fingerprint density at radius 1 is 1.12 bits per heavy atom. The number of piperidine rings is 1. The number of carbonyl (C=O) groups excluding carboxylic acids is 1. The summed E-state index contributed by atoms with van der Waals surface area (Å²) < 4.78 is 23.6. The van der Waals surface area contributed by atoms with Gasteiger partial charge in [-0.25, -0.2) is 14.1 Å². The van der Waals surface area contributed by atoms with E-state index in [-0.39, 0.29) is 35.0 Å². The molecule has 2 atom stereocenters. The van der Waals surface area contributed by atoms with E-state index in [2.05, 4.69) is 27.2 Å². The number of benzene rings is 2. The standard InChI is InChI=1S/C36H39FN8O3/c1-21-7-10-25(42(5)31-12-14-38-35(39-31)48-6)17-27(21)30-20-45(41-40-30)26-11-13-36(3,4)44(18-26)34(47)29-19-43-22(2)8-9-23-15-24(37)16-28(32(23)43)33(29)46/h7,10,12,14-17,19-20,22,26H,8-9,11,13,18H2,1-6H3. The molecule has 0 aliphatic carbocycles. The first-order valence-electron chi connectivity index (χ1n) is 16.3. The zero-order valence-electron chi connectivity index (χ0n) is 28.1. The first kappa shape index (κ1) is 31.5. The highest BCUT2D eigenvalue weighted by atomic mass is 19.1. The van der Waals surface area contributed by atoms with Crippen molar-refractivity contribution in [3.63, 3.8) is 0 Å². The van der Waals surface area contributed by atoms with Crippen LogP contribution in [0.2, 0.25) is 0 Å². The minimum Gasteiger partial charge on any atom is -0.467 e. The van der Waals surface area contributed by atoms with Crippen LogP contribution in [0.3, 0.4) is 0 Å². The van der Waals surface area contributed by atoms with Gasteiger partial charge in [0.2, 0.25) is 5.43 Å². The molecule has 0 radical (unpaired) electrons. The molecule has 2 aliphatic rings. The van der Waals surface area contributed by atoms with Crippen LogP contribution >= 0.6 is 0 Å². The predicted octanol–water partition coefficient (Wildman–Crippen LogP) is 6.04. The van der Waals surface area contributed by atoms with Crippen molar-refractivity contribution in [3.05, 3.63) is 87.7 Å². The average molecular weight is 651 g/mol. The summed E-state index contributed by atoms with van der Waals surface area (Å²) in [5.41, 5.74) is 4.25. The third kappa shape index (κ3) is 5.38. The van der Waals surface area contributed by atoms with Crippen LogP contribution in [0.5, 0.6) is 6.01 Å². The normalized spacial score (nSPS) is 18.6. The maximum absolute atomic E-state index is 14.6. The van der Waals surface area contributed by atoms with E-state index in [1.165, 1.54) is 19.2 Å². The van der Waals surface area contributed by atoms with Crippen LogP contribution in [-0.4, -0.2) is 66.6 Å². The Kier molecular flexibility index (Phi) is 7.76. The van der Waals surface area contributed by atoms with Crippen molar-refractivity contribution in [2.24, 2.45) is 0 Å². The van der Waals surface area contributed by atoms with Crippen LogP contribution in [0.1, 0.15) is 73.6 Å². The highest BCUT2D eigenvalue weighted by Crippen LogP contribution is 2.36. The summed E-state index contributed by atoms with van der Waals surface area (Å²) in [4.78, 5) is 40.4. The van der Waals surface area contributed by atoms with Crippen LogP contribution in [-0.2, 0) is 6.42 Å². The second-order valence-corrected chi connectivity index (χ2v) is 13.6. The van der Waals surface area contributed by atoms with Gasteiger partial charge in [-0.05, 0) is 94.8 Å². The van der Waals surface area contributed by atoms with Gasteiger partial charge < -0.3 is 19.1 Å². The SMILES string of the molecule is COc1nccc(N(C)c2ccc(C)c(-c3cn(C4CCC(C)(C)N(C(=O)c5cn6c7c(cc(F)cc7c5=O)CCC6C)C4)nn3)c2)n1. The molecule has 5 heterocycles. The Labute approximate surface area is 278 Å². The zero-order chi connectivity index (χ0) is 33.9. The Morgan fingerprint density at radius 3 is 2.73 bits per heavy atom. The molecular formula is C36H39FN8O3. The van der Waals surface area contributed by atoms with Gasteiger partial charge in [-0.3, -0.25) is 9.59 Å². The summed E-state index contributed by atoms with van der Waals surface area (Å²) >= 11 is 0. The van der Waals surface area contributed by atoms with Crippen LogP contribution in [0.25, 0.3) is 22.2 Å². The summed E-state index contributed by atoms with van der Waals surface area (Å²) in [5, 5.41) is 9.33. The van der Waals surface area contributed by atoms with Gasteiger partial charge in [-0.2, -0.15) is 4.98 Å². The fourth-order valence-corrected chi connectivity index (χ4v) is 7.08. The van der Waals surface area contributed by atoms with E-state index in [1.54, 1.807) is 17.3 Å². The molecule has 3 aromatic heterocycles. The monoisotopic (exact) mass is 650 g/mol. The highest BCUT2D eigenvalue weighted by molar-refractivity contribution is 5.98. The number of halogens is 1. The molecule has 0 bridgehead atoms. The molecule has 2 unspecified atom stereocenters. The molecule has 12 heteroatoms. The Bertz CT molecular complexity index is 2120. The van der Waals surface area contributed by atoms with Crippen LogP contribution in [0.4, 0.5) is 15.9 Å². The smallest absolute Gasteiger partial charge is 0.318 e. The first-order valence-corrected chi connectivity index (χ1v) is 16.3. The lowest BCUT2D eigenvalue weighted by atomic mass is 9.87. The van der Waals surface area contributed by atoms with Gasteiger partial charge in [-0.15, -0.1) is 5.10 Å². The van der Waals surface area contributed by atoms with Gasteiger partial charge in [0.25, 0.3) is 5.91 Å². The van der Waals surface area contributed by atoms with Crippen LogP contribution in [0, 0.1) is 12.7 Å². The highest BCUT2D eigenvalue weighted by Gasteiger charge is 2.40. The Hall–Kier alpha value is -5.13. The zero-order valence-corrected chi connectivity index (χ0v) is 28.1. The van der Waals surface area contributed by atoms with Gasteiger partial charge in [0.15, 0.2) is 0 Å². The minimum absolute atomic E-state index is 0.0682. The summed E-state index contributed by atoms with van der Waals surface area (Å²) in [6, 6.07) is 10.9. The molecule has 0 N–H and O–H groups in total. The van der Waals surface area contributed by atoms with E-state index < -0.39 is 16.8 Å². The lowest BCUT2D eigenvalue weighted by Gasteiger charge is -2.45. The second-order valence-electron chi connectivity index (χ2n) is 13.6. The number of aromatic nitrogens is 6. The first-order chi connectivity index (χ1) is 22.9. The third-order valence-electron chi connectivity index (χ3n) is 10.1. The average Bonchev–Trinajstić information content (AvgIpc) is 3.57. The molecule has 1 amide bonds. The number of hydrogen-bond acceptors (Lipinski definition) is 8. The molecule has 0 saturated carbocycles. The lowest BCUT2D eigenvalue weighted by Crippen LogP contribution is -2.54. The van der Waals surface area contributed by atoms with Gasteiger partial charge >= 0.3 is 6.01 Å². The number of methoxy groups -OCH3 is 1. The molecule has 2 aliphatic heterocycles.